The van der Waals surface area contributed by atoms with Crippen LogP contribution in [0.15, 0.2) is 83.9 Å². The number of hydrogen-bond donors (Lipinski definition) is 0. The molecular formula is C21H22Cl2FeN2. The van der Waals surface area contributed by atoms with Gasteiger partial charge in [0.2, 0.25) is 0 Å². The third-order valence-electron chi connectivity index (χ3n) is 3.53. The van der Waals surface area contributed by atoms with Crippen LogP contribution < -0.4 is 4.90 Å². The summed E-state index contributed by atoms with van der Waals surface area (Å²) < 4.78 is 0. The first-order chi connectivity index (χ1) is 12.3. The minimum absolute atomic E-state index is 0. The van der Waals surface area contributed by atoms with Gasteiger partial charge >= 0.3 is 17.1 Å². The topological polar surface area (TPSA) is 15.6 Å². The Kier molecular flexibility index (Phi) is 11.8. The van der Waals surface area contributed by atoms with Crippen molar-refractivity contribution in [2.45, 2.75) is 0 Å². The number of alkyl halides is 2. The maximum absolute atomic E-state index is 5.81. The van der Waals surface area contributed by atoms with E-state index in [1.165, 1.54) is 0 Å². The molecule has 0 aliphatic rings. The first kappa shape index (κ1) is 22.5. The van der Waals surface area contributed by atoms with E-state index in [0.29, 0.717) is 11.8 Å². The second kappa shape index (κ2) is 13.7. The van der Waals surface area contributed by atoms with Crippen molar-refractivity contribution in [1.82, 2.24) is 0 Å². The second-order valence-electron chi connectivity index (χ2n) is 5.32. The quantitative estimate of drug-likeness (QED) is 0.199. The summed E-state index contributed by atoms with van der Waals surface area (Å²) in [7, 11) is 0. The van der Waals surface area contributed by atoms with Crippen molar-refractivity contribution in [3.8, 4) is 0 Å². The van der Waals surface area contributed by atoms with E-state index < -0.39 is 0 Å². The van der Waals surface area contributed by atoms with Crippen molar-refractivity contribution in [2.75, 3.05) is 29.7 Å². The SMILES string of the molecule is ClCCN(CCCl)c1ccc(C=Nc2ccc[cH-]2)cc1.[Fe+2].c1cc[cH-]c1. The second-order valence-corrected chi connectivity index (χ2v) is 6.08. The molecule has 0 N–H and O–H groups in total. The molecule has 0 aromatic heterocycles. The van der Waals surface area contributed by atoms with Crippen LogP contribution >= 0.6 is 23.2 Å². The van der Waals surface area contributed by atoms with Crippen molar-refractivity contribution >= 4 is 40.8 Å². The van der Waals surface area contributed by atoms with Gasteiger partial charge in [0, 0.05) is 36.8 Å². The van der Waals surface area contributed by atoms with E-state index in [-0.39, 0.29) is 17.1 Å². The molecule has 138 valence electrons. The van der Waals surface area contributed by atoms with Crippen molar-refractivity contribution in [3.63, 3.8) is 0 Å². The molecule has 2 nitrogen and oxygen atoms in total. The average Bonchev–Trinajstić information content (AvgIpc) is 3.36. The van der Waals surface area contributed by atoms with E-state index in [9.17, 15) is 0 Å². The van der Waals surface area contributed by atoms with Gasteiger partial charge in [0.1, 0.15) is 0 Å². The Morgan fingerprint density at radius 2 is 1.54 bits per heavy atom. The van der Waals surface area contributed by atoms with E-state index in [1.807, 2.05) is 60.8 Å². The fraction of sp³-hybridized carbons (Fsp3) is 0.190. The zero-order valence-corrected chi connectivity index (χ0v) is 17.0. The van der Waals surface area contributed by atoms with Gasteiger partial charge in [-0.1, -0.05) is 17.8 Å². The molecule has 3 aromatic carbocycles. The molecule has 0 radical (unpaired) electrons. The number of hydrogen-bond acceptors (Lipinski definition) is 2. The Hall–Kier alpha value is -1.51. The first-order valence-electron chi connectivity index (χ1n) is 8.23. The standard InChI is InChI=1S/C16H17Cl2N2.C5H5.Fe/c17-9-11-20(12-10-18)16-7-5-14(6-8-16)13-19-15-3-1-2-4-15;1-2-4-5-3-1;/h1-8,13H,9-12H2;1-5H;/q2*-1;+2. The maximum atomic E-state index is 5.81. The van der Waals surface area contributed by atoms with Gasteiger partial charge in [0.25, 0.3) is 0 Å². The Bertz CT molecular complexity index is 669. The summed E-state index contributed by atoms with van der Waals surface area (Å²) in [5.74, 6) is 1.19. The number of rotatable bonds is 7. The molecule has 0 saturated carbocycles. The minimum Gasteiger partial charge on any atom is -0.369 e. The van der Waals surface area contributed by atoms with Crippen molar-refractivity contribution in [2.24, 2.45) is 4.99 Å². The third-order valence-corrected chi connectivity index (χ3v) is 3.87. The van der Waals surface area contributed by atoms with Crippen molar-refractivity contribution < 1.29 is 17.1 Å². The predicted octanol–water partition coefficient (Wildman–Crippen LogP) is 5.84. The van der Waals surface area contributed by atoms with Crippen molar-refractivity contribution in [3.05, 3.63) is 84.4 Å². The smallest absolute Gasteiger partial charge is 0.369 e. The summed E-state index contributed by atoms with van der Waals surface area (Å²) in [5, 5.41) is 0. The molecule has 3 rings (SSSR count). The summed E-state index contributed by atoms with van der Waals surface area (Å²) in [4.78, 5) is 6.58. The summed E-state index contributed by atoms with van der Waals surface area (Å²) >= 11 is 11.6. The van der Waals surface area contributed by atoms with E-state index in [2.05, 4.69) is 34.2 Å². The largest absolute Gasteiger partial charge is 2.00 e. The molecule has 0 spiro atoms. The molecular weight excluding hydrogens is 407 g/mol. The fourth-order valence-corrected chi connectivity index (χ4v) is 2.67. The molecule has 0 aliphatic carbocycles. The average molecular weight is 429 g/mol. The van der Waals surface area contributed by atoms with Crippen LogP contribution in [0.1, 0.15) is 5.56 Å². The number of benzene rings is 1. The molecule has 0 bridgehead atoms. The van der Waals surface area contributed by atoms with Crippen LogP contribution in [0.3, 0.4) is 0 Å². The zero-order chi connectivity index (χ0) is 17.7. The Labute approximate surface area is 176 Å². The summed E-state index contributed by atoms with van der Waals surface area (Å²) in [5.41, 5.74) is 3.18. The minimum atomic E-state index is 0. The van der Waals surface area contributed by atoms with E-state index >= 15 is 0 Å². The van der Waals surface area contributed by atoms with Gasteiger partial charge in [-0.15, -0.1) is 29.3 Å². The molecule has 3 aromatic rings. The summed E-state index contributed by atoms with van der Waals surface area (Å²) in [6, 6.07) is 26.2. The molecule has 0 fully saturated rings. The molecule has 0 amide bonds. The molecule has 0 atom stereocenters. The molecule has 0 heterocycles. The predicted molar refractivity (Wildman–Crippen MR) is 111 cm³/mol. The Morgan fingerprint density at radius 1 is 0.885 bits per heavy atom. The van der Waals surface area contributed by atoms with Crippen LogP contribution in [0.2, 0.25) is 0 Å². The Balaban J connectivity index is 0.000000486. The van der Waals surface area contributed by atoms with Gasteiger partial charge in [-0.25, -0.2) is 18.2 Å². The van der Waals surface area contributed by atoms with E-state index in [1.54, 1.807) is 0 Å². The first-order valence-corrected chi connectivity index (χ1v) is 9.30. The van der Waals surface area contributed by atoms with Crippen LogP contribution in [0.4, 0.5) is 11.4 Å². The van der Waals surface area contributed by atoms with Crippen molar-refractivity contribution in [1.29, 1.82) is 0 Å². The van der Waals surface area contributed by atoms with Gasteiger partial charge in [-0.3, -0.25) is 4.99 Å². The number of aliphatic imine (C=N–C) groups is 1. The van der Waals surface area contributed by atoms with Gasteiger partial charge in [0.15, 0.2) is 0 Å². The van der Waals surface area contributed by atoms with Crippen LogP contribution in [0, 0.1) is 0 Å². The van der Waals surface area contributed by atoms with Crippen LogP contribution in [-0.4, -0.2) is 31.1 Å². The van der Waals surface area contributed by atoms with Gasteiger partial charge in [-0.2, -0.15) is 30.3 Å². The molecule has 26 heavy (non-hydrogen) atoms. The van der Waals surface area contributed by atoms with Gasteiger partial charge in [0.05, 0.1) is 0 Å². The number of halogens is 2. The maximum Gasteiger partial charge on any atom is 2.00 e. The monoisotopic (exact) mass is 428 g/mol. The molecule has 0 saturated heterocycles. The van der Waals surface area contributed by atoms with Crippen LogP contribution in [0.5, 0.6) is 0 Å². The third kappa shape index (κ3) is 8.25. The fourth-order valence-electron chi connectivity index (χ4n) is 2.26. The zero-order valence-electron chi connectivity index (χ0n) is 14.4. The van der Waals surface area contributed by atoms with Crippen LogP contribution in [0.25, 0.3) is 0 Å². The number of nitrogens with zero attached hydrogens (tertiary/aromatic N) is 2. The number of anilines is 1. The van der Waals surface area contributed by atoms with Gasteiger partial charge in [-0.05, 0) is 17.7 Å². The normalized spacial score (nSPS) is 10.1. The summed E-state index contributed by atoms with van der Waals surface area (Å²) in [6.45, 7) is 1.60. The molecule has 0 aliphatic heterocycles. The van der Waals surface area contributed by atoms with E-state index in [0.717, 1.165) is 30.0 Å². The van der Waals surface area contributed by atoms with Gasteiger partial charge < -0.3 is 4.90 Å². The molecule has 5 heteroatoms. The van der Waals surface area contributed by atoms with E-state index in [4.69, 9.17) is 23.2 Å². The summed E-state index contributed by atoms with van der Waals surface area (Å²) in [6.07, 6.45) is 1.87. The molecule has 0 unspecified atom stereocenters. The van der Waals surface area contributed by atoms with Crippen LogP contribution in [-0.2, 0) is 17.1 Å². The Morgan fingerprint density at radius 3 is 2.00 bits per heavy atom.